The van der Waals surface area contributed by atoms with Gasteiger partial charge in [0.25, 0.3) is 5.91 Å². The molecule has 0 unspecified atom stereocenters. The quantitative estimate of drug-likeness (QED) is 0.456. The lowest BCUT2D eigenvalue weighted by molar-refractivity contribution is -0.114. The van der Waals surface area contributed by atoms with Gasteiger partial charge in [-0.2, -0.15) is 0 Å². The number of carbonyl (C=O) groups is 2. The molecule has 0 spiro atoms. The Morgan fingerprint density at radius 3 is 2.50 bits per heavy atom. The van der Waals surface area contributed by atoms with Crippen molar-refractivity contribution >= 4 is 23.2 Å². The molecule has 1 saturated carbocycles. The SMILES string of the molecule is CCOCCOc1ccc(NCC(=O)Nc2cccc(C(=O)NC3CCCCC3)c2)cc1. The van der Waals surface area contributed by atoms with Crippen LogP contribution in [0.3, 0.4) is 0 Å². The van der Waals surface area contributed by atoms with Crippen LogP contribution < -0.4 is 20.7 Å². The first-order chi connectivity index (χ1) is 15.6. The molecule has 2 aromatic rings. The summed E-state index contributed by atoms with van der Waals surface area (Å²) in [5, 5.41) is 9.04. The number of anilines is 2. The average molecular weight is 440 g/mol. The standard InChI is InChI=1S/C25H33N3O4/c1-2-31-15-16-32-23-13-11-20(12-14-23)26-18-24(29)27-22-10-6-7-19(17-22)25(30)28-21-8-4-3-5-9-21/h6-7,10-14,17,21,26H,2-5,8-9,15-16,18H2,1H3,(H,27,29)(H,28,30). The predicted octanol–water partition coefficient (Wildman–Crippen LogP) is 4.22. The molecule has 0 heterocycles. The fourth-order valence-electron chi connectivity index (χ4n) is 3.67. The Morgan fingerprint density at radius 1 is 0.969 bits per heavy atom. The van der Waals surface area contributed by atoms with Gasteiger partial charge in [0.2, 0.25) is 5.91 Å². The summed E-state index contributed by atoms with van der Waals surface area (Å²) < 4.78 is 10.8. The van der Waals surface area contributed by atoms with Crippen molar-refractivity contribution in [1.82, 2.24) is 5.32 Å². The Morgan fingerprint density at radius 2 is 1.75 bits per heavy atom. The van der Waals surface area contributed by atoms with Crippen molar-refractivity contribution in [3.05, 3.63) is 54.1 Å². The highest BCUT2D eigenvalue weighted by Gasteiger charge is 2.17. The van der Waals surface area contributed by atoms with Crippen LogP contribution in [-0.4, -0.2) is 44.2 Å². The van der Waals surface area contributed by atoms with Gasteiger partial charge in [0.15, 0.2) is 0 Å². The molecule has 32 heavy (non-hydrogen) atoms. The summed E-state index contributed by atoms with van der Waals surface area (Å²) in [4.78, 5) is 24.9. The highest BCUT2D eigenvalue weighted by Crippen LogP contribution is 2.19. The van der Waals surface area contributed by atoms with Gasteiger partial charge in [0.1, 0.15) is 12.4 Å². The normalized spacial score (nSPS) is 13.9. The minimum atomic E-state index is -0.188. The van der Waals surface area contributed by atoms with Crippen LogP contribution in [0.4, 0.5) is 11.4 Å². The van der Waals surface area contributed by atoms with Crippen LogP contribution in [0.15, 0.2) is 48.5 Å². The maximum absolute atomic E-state index is 12.5. The molecule has 1 aliphatic rings. The topological polar surface area (TPSA) is 88.7 Å². The molecule has 172 valence electrons. The molecule has 0 radical (unpaired) electrons. The van der Waals surface area contributed by atoms with Crippen LogP contribution >= 0.6 is 0 Å². The van der Waals surface area contributed by atoms with Crippen molar-refractivity contribution < 1.29 is 19.1 Å². The van der Waals surface area contributed by atoms with E-state index in [0.29, 0.717) is 31.1 Å². The molecule has 0 bridgehead atoms. The van der Waals surface area contributed by atoms with E-state index in [-0.39, 0.29) is 24.4 Å². The van der Waals surface area contributed by atoms with Crippen LogP contribution in [-0.2, 0) is 9.53 Å². The van der Waals surface area contributed by atoms with Crippen LogP contribution in [0.1, 0.15) is 49.4 Å². The van der Waals surface area contributed by atoms with E-state index >= 15 is 0 Å². The summed E-state index contributed by atoms with van der Waals surface area (Å²) >= 11 is 0. The molecule has 0 saturated heterocycles. The van der Waals surface area contributed by atoms with Crippen molar-refractivity contribution in [3.63, 3.8) is 0 Å². The third-order valence-electron chi connectivity index (χ3n) is 5.36. The fourth-order valence-corrected chi connectivity index (χ4v) is 3.67. The predicted molar refractivity (Wildman–Crippen MR) is 126 cm³/mol. The number of hydrogen-bond acceptors (Lipinski definition) is 5. The van der Waals surface area contributed by atoms with Gasteiger partial charge in [-0.25, -0.2) is 0 Å². The van der Waals surface area contributed by atoms with Crippen LogP contribution in [0.25, 0.3) is 0 Å². The van der Waals surface area contributed by atoms with Gasteiger partial charge in [0, 0.05) is 29.6 Å². The molecule has 2 amide bonds. The first kappa shape index (κ1) is 23.6. The van der Waals surface area contributed by atoms with E-state index in [4.69, 9.17) is 9.47 Å². The molecule has 7 heteroatoms. The molecule has 1 fully saturated rings. The number of hydrogen-bond donors (Lipinski definition) is 3. The minimum Gasteiger partial charge on any atom is -0.491 e. The molecule has 2 aromatic carbocycles. The van der Waals surface area contributed by atoms with E-state index < -0.39 is 0 Å². The first-order valence-corrected chi connectivity index (χ1v) is 11.4. The summed E-state index contributed by atoms with van der Waals surface area (Å²) in [6.07, 6.45) is 5.65. The lowest BCUT2D eigenvalue weighted by atomic mass is 9.95. The van der Waals surface area contributed by atoms with Crippen LogP contribution in [0.2, 0.25) is 0 Å². The lowest BCUT2D eigenvalue weighted by Crippen LogP contribution is -2.36. The van der Waals surface area contributed by atoms with Gasteiger partial charge in [-0.1, -0.05) is 25.3 Å². The zero-order valence-corrected chi connectivity index (χ0v) is 18.7. The molecule has 0 atom stereocenters. The maximum atomic E-state index is 12.5. The Bertz CT molecular complexity index is 864. The van der Waals surface area contributed by atoms with Gasteiger partial charge < -0.3 is 25.4 Å². The second-order valence-electron chi connectivity index (χ2n) is 7.86. The summed E-state index contributed by atoms with van der Waals surface area (Å²) in [5.74, 6) is 0.476. The van der Waals surface area contributed by atoms with Crippen LogP contribution in [0, 0.1) is 0 Å². The van der Waals surface area contributed by atoms with Crippen molar-refractivity contribution in [1.29, 1.82) is 0 Å². The molecule has 0 aromatic heterocycles. The third kappa shape index (κ3) is 7.89. The van der Waals surface area contributed by atoms with Crippen molar-refractivity contribution in [2.45, 2.75) is 45.1 Å². The number of ether oxygens (including phenoxy) is 2. The third-order valence-corrected chi connectivity index (χ3v) is 5.36. The van der Waals surface area contributed by atoms with Crippen LogP contribution in [0.5, 0.6) is 5.75 Å². The molecule has 3 N–H and O–H groups in total. The lowest BCUT2D eigenvalue weighted by Gasteiger charge is -2.22. The zero-order valence-electron chi connectivity index (χ0n) is 18.7. The number of amides is 2. The number of nitrogens with one attached hydrogen (secondary N) is 3. The van der Waals surface area contributed by atoms with Gasteiger partial charge in [-0.15, -0.1) is 0 Å². The minimum absolute atomic E-state index is 0.0883. The van der Waals surface area contributed by atoms with E-state index in [9.17, 15) is 9.59 Å². The summed E-state index contributed by atoms with van der Waals surface area (Å²) in [6, 6.07) is 14.7. The first-order valence-electron chi connectivity index (χ1n) is 11.4. The Hall–Kier alpha value is -3.06. The number of rotatable bonds is 11. The Balaban J connectivity index is 1.43. The number of benzene rings is 2. The Labute approximate surface area is 189 Å². The monoisotopic (exact) mass is 439 g/mol. The molecule has 1 aliphatic carbocycles. The highest BCUT2D eigenvalue weighted by molar-refractivity contribution is 5.98. The van der Waals surface area contributed by atoms with Crippen molar-refractivity contribution in [2.24, 2.45) is 0 Å². The molecule has 0 aliphatic heterocycles. The zero-order chi connectivity index (χ0) is 22.6. The average Bonchev–Trinajstić information content (AvgIpc) is 2.82. The Kier molecular flexibility index (Phi) is 9.37. The summed E-state index contributed by atoms with van der Waals surface area (Å²) in [5.41, 5.74) is 1.98. The van der Waals surface area contributed by atoms with E-state index in [2.05, 4.69) is 16.0 Å². The smallest absolute Gasteiger partial charge is 0.251 e. The van der Waals surface area contributed by atoms with Gasteiger partial charge in [-0.3, -0.25) is 9.59 Å². The molecule has 7 nitrogen and oxygen atoms in total. The molecular weight excluding hydrogens is 406 g/mol. The largest absolute Gasteiger partial charge is 0.491 e. The fraction of sp³-hybridized carbons (Fsp3) is 0.440. The van der Waals surface area contributed by atoms with Gasteiger partial charge in [-0.05, 0) is 62.2 Å². The van der Waals surface area contributed by atoms with E-state index in [0.717, 1.165) is 37.1 Å². The number of carbonyl (C=O) groups excluding carboxylic acids is 2. The second-order valence-corrected chi connectivity index (χ2v) is 7.86. The van der Waals surface area contributed by atoms with Gasteiger partial charge in [0.05, 0.1) is 13.2 Å². The van der Waals surface area contributed by atoms with E-state index in [1.165, 1.54) is 6.42 Å². The van der Waals surface area contributed by atoms with Gasteiger partial charge >= 0.3 is 0 Å². The molecule has 3 rings (SSSR count). The second kappa shape index (κ2) is 12.7. The maximum Gasteiger partial charge on any atom is 0.251 e. The van der Waals surface area contributed by atoms with E-state index in [1.54, 1.807) is 24.3 Å². The molecular formula is C25H33N3O4. The van der Waals surface area contributed by atoms with Crippen molar-refractivity contribution in [3.8, 4) is 5.75 Å². The van der Waals surface area contributed by atoms with E-state index in [1.807, 2.05) is 31.2 Å². The highest BCUT2D eigenvalue weighted by atomic mass is 16.5. The van der Waals surface area contributed by atoms with Crippen molar-refractivity contribution in [2.75, 3.05) is 37.0 Å². The summed E-state index contributed by atoms with van der Waals surface area (Å²) in [6.45, 7) is 3.79. The summed E-state index contributed by atoms with van der Waals surface area (Å²) in [7, 11) is 0.